The van der Waals surface area contributed by atoms with E-state index in [2.05, 4.69) is 31.3 Å². The third kappa shape index (κ3) is 4.42. The highest BCUT2D eigenvalue weighted by atomic mass is 79.9. The molecule has 0 saturated carbocycles. The first-order valence-corrected chi connectivity index (χ1v) is 7.13. The van der Waals surface area contributed by atoms with Crippen LogP contribution in [0.5, 0.6) is 0 Å². The SMILES string of the molecule is CCOC(=O)C(C)(NCCN=[N+]=[N-])c1cc(Br)ccc1F. The molecule has 1 aromatic rings. The van der Waals surface area contributed by atoms with Crippen molar-refractivity contribution in [3.63, 3.8) is 0 Å². The van der Waals surface area contributed by atoms with Crippen LogP contribution >= 0.6 is 15.9 Å². The number of azide groups is 1. The zero-order chi connectivity index (χ0) is 15.9. The van der Waals surface area contributed by atoms with Crippen molar-refractivity contribution in [3.05, 3.63) is 44.5 Å². The molecule has 0 bridgehead atoms. The lowest BCUT2D eigenvalue weighted by Gasteiger charge is -2.29. The fraction of sp³-hybridized carbons (Fsp3) is 0.462. The molecule has 1 rings (SSSR count). The maximum absolute atomic E-state index is 14.1. The summed E-state index contributed by atoms with van der Waals surface area (Å²) in [5.41, 5.74) is 7.06. The highest BCUT2D eigenvalue weighted by Gasteiger charge is 2.38. The smallest absolute Gasteiger partial charge is 0.330 e. The Morgan fingerprint density at radius 3 is 2.95 bits per heavy atom. The fourth-order valence-electron chi connectivity index (χ4n) is 1.83. The molecular formula is C13H16BrFN4O2. The van der Waals surface area contributed by atoms with E-state index < -0.39 is 17.3 Å². The molecule has 1 N–H and O–H groups in total. The summed E-state index contributed by atoms with van der Waals surface area (Å²) in [7, 11) is 0. The van der Waals surface area contributed by atoms with E-state index in [0.717, 1.165) is 0 Å². The highest BCUT2D eigenvalue weighted by molar-refractivity contribution is 9.10. The van der Waals surface area contributed by atoms with E-state index >= 15 is 0 Å². The average Bonchev–Trinajstić information content (AvgIpc) is 2.46. The number of carbonyl (C=O) groups is 1. The van der Waals surface area contributed by atoms with Crippen LogP contribution in [0.15, 0.2) is 27.8 Å². The van der Waals surface area contributed by atoms with Gasteiger partial charge in [-0.15, -0.1) is 0 Å². The van der Waals surface area contributed by atoms with E-state index in [1.165, 1.54) is 19.1 Å². The van der Waals surface area contributed by atoms with Crippen molar-refractivity contribution in [2.24, 2.45) is 5.11 Å². The van der Waals surface area contributed by atoms with Gasteiger partial charge in [0, 0.05) is 28.0 Å². The molecular weight excluding hydrogens is 343 g/mol. The molecule has 1 atom stereocenters. The second kappa shape index (κ2) is 7.97. The van der Waals surface area contributed by atoms with Gasteiger partial charge in [0.25, 0.3) is 0 Å². The van der Waals surface area contributed by atoms with Crippen LogP contribution in [0, 0.1) is 5.82 Å². The van der Waals surface area contributed by atoms with Crippen LogP contribution in [-0.4, -0.2) is 25.7 Å². The van der Waals surface area contributed by atoms with Crippen molar-refractivity contribution in [1.82, 2.24) is 5.32 Å². The van der Waals surface area contributed by atoms with E-state index in [4.69, 9.17) is 10.3 Å². The summed E-state index contributed by atoms with van der Waals surface area (Å²) in [5.74, 6) is -1.12. The molecule has 0 aliphatic heterocycles. The molecule has 0 radical (unpaired) electrons. The van der Waals surface area contributed by atoms with Crippen molar-refractivity contribution in [2.45, 2.75) is 19.4 Å². The Morgan fingerprint density at radius 1 is 1.62 bits per heavy atom. The molecule has 0 aliphatic carbocycles. The van der Waals surface area contributed by atoms with Gasteiger partial charge < -0.3 is 4.74 Å². The Balaban J connectivity index is 3.13. The number of carbonyl (C=O) groups excluding carboxylic acids is 1. The maximum atomic E-state index is 14.1. The Labute approximate surface area is 130 Å². The molecule has 1 aromatic carbocycles. The largest absolute Gasteiger partial charge is 0.464 e. The van der Waals surface area contributed by atoms with Crippen molar-refractivity contribution in [2.75, 3.05) is 19.7 Å². The van der Waals surface area contributed by atoms with Gasteiger partial charge in [0.1, 0.15) is 11.4 Å². The molecule has 8 heteroatoms. The molecule has 0 heterocycles. The topological polar surface area (TPSA) is 87.1 Å². The molecule has 0 spiro atoms. The number of hydrogen-bond donors (Lipinski definition) is 1. The maximum Gasteiger partial charge on any atom is 0.330 e. The first-order valence-electron chi connectivity index (χ1n) is 6.34. The van der Waals surface area contributed by atoms with Crippen LogP contribution in [0.4, 0.5) is 4.39 Å². The zero-order valence-corrected chi connectivity index (χ0v) is 13.4. The number of ether oxygens (including phenoxy) is 1. The summed E-state index contributed by atoms with van der Waals surface area (Å²) in [4.78, 5) is 14.9. The lowest BCUT2D eigenvalue weighted by Crippen LogP contribution is -2.49. The van der Waals surface area contributed by atoms with Gasteiger partial charge in [-0.25, -0.2) is 9.18 Å². The standard InChI is InChI=1S/C13H16BrFN4O2/c1-3-21-12(20)13(2,17-6-7-18-19-16)10-8-9(14)4-5-11(10)15/h4-5,8,17H,3,6-7H2,1-2H3. The lowest BCUT2D eigenvalue weighted by molar-refractivity contribution is -0.151. The van der Waals surface area contributed by atoms with Gasteiger partial charge in [0.2, 0.25) is 0 Å². The van der Waals surface area contributed by atoms with E-state index in [9.17, 15) is 9.18 Å². The molecule has 0 aromatic heterocycles. The average molecular weight is 359 g/mol. The molecule has 0 amide bonds. The van der Waals surface area contributed by atoms with E-state index in [0.29, 0.717) is 4.47 Å². The lowest BCUT2D eigenvalue weighted by atomic mass is 9.91. The van der Waals surface area contributed by atoms with Crippen LogP contribution in [0.1, 0.15) is 19.4 Å². The third-order valence-electron chi connectivity index (χ3n) is 2.90. The van der Waals surface area contributed by atoms with Crippen molar-refractivity contribution < 1.29 is 13.9 Å². The van der Waals surface area contributed by atoms with Gasteiger partial charge in [-0.05, 0) is 37.6 Å². The quantitative estimate of drug-likeness (QED) is 0.266. The first-order chi connectivity index (χ1) is 9.95. The summed E-state index contributed by atoms with van der Waals surface area (Å²) in [6.07, 6.45) is 0. The van der Waals surface area contributed by atoms with Crippen molar-refractivity contribution >= 4 is 21.9 Å². The normalized spacial score (nSPS) is 13.1. The summed E-state index contributed by atoms with van der Waals surface area (Å²) in [6, 6.07) is 4.34. The number of esters is 1. The summed E-state index contributed by atoms with van der Waals surface area (Å²) in [5, 5.41) is 6.28. The van der Waals surface area contributed by atoms with Gasteiger partial charge in [-0.2, -0.15) is 0 Å². The number of halogens is 2. The Kier molecular flexibility index (Phi) is 6.61. The summed E-state index contributed by atoms with van der Waals surface area (Å²) < 4.78 is 19.8. The summed E-state index contributed by atoms with van der Waals surface area (Å²) in [6.45, 7) is 3.75. The molecule has 0 saturated heterocycles. The minimum absolute atomic E-state index is 0.140. The number of nitrogens with zero attached hydrogens (tertiary/aromatic N) is 3. The zero-order valence-electron chi connectivity index (χ0n) is 11.8. The fourth-order valence-corrected chi connectivity index (χ4v) is 2.20. The van der Waals surface area contributed by atoms with Crippen LogP contribution in [0.25, 0.3) is 10.4 Å². The van der Waals surface area contributed by atoms with Gasteiger partial charge in [0.15, 0.2) is 0 Å². The second-order valence-corrected chi connectivity index (χ2v) is 5.27. The minimum Gasteiger partial charge on any atom is -0.464 e. The Morgan fingerprint density at radius 2 is 2.33 bits per heavy atom. The molecule has 6 nitrogen and oxygen atoms in total. The monoisotopic (exact) mass is 358 g/mol. The van der Waals surface area contributed by atoms with E-state index in [-0.39, 0.29) is 25.3 Å². The second-order valence-electron chi connectivity index (χ2n) is 4.35. The number of hydrogen-bond acceptors (Lipinski definition) is 4. The van der Waals surface area contributed by atoms with Crippen LogP contribution in [0.2, 0.25) is 0 Å². The summed E-state index contributed by atoms with van der Waals surface area (Å²) >= 11 is 3.26. The number of rotatable bonds is 7. The first kappa shape index (κ1) is 17.4. The van der Waals surface area contributed by atoms with Gasteiger partial charge in [0.05, 0.1) is 6.61 Å². The van der Waals surface area contributed by atoms with Crippen LogP contribution < -0.4 is 5.32 Å². The van der Waals surface area contributed by atoms with Gasteiger partial charge in [-0.1, -0.05) is 21.0 Å². The van der Waals surface area contributed by atoms with E-state index in [1.54, 1.807) is 13.0 Å². The van der Waals surface area contributed by atoms with Gasteiger partial charge >= 0.3 is 5.97 Å². The third-order valence-corrected chi connectivity index (χ3v) is 3.40. The Hall–Kier alpha value is -1.63. The molecule has 1 unspecified atom stereocenters. The van der Waals surface area contributed by atoms with Crippen molar-refractivity contribution in [3.8, 4) is 0 Å². The predicted octanol–water partition coefficient (Wildman–Crippen LogP) is 3.27. The van der Waals surface area contributed by atoms with Crippen LogP contribution in [0.3, 0.4) is 0 Å². The molecule has 114 valence electrons. The molecule has 0 aliphatic rings. The predicted molar refractivity (Wildman–Crippen MR) is 80.1 cm³/mol. The molecule has 0 fully saturated rings. The Bertz CT molecular complexity index is 563. The number of nitrogens with one attached hydrogen (secondary N) is 1. The number of benzene rings is 1. The van der Waals surface area contributed by atoms with Crippen LogP contribution in [-0.2, 0) is 15.1 Å². The van der Waals surface area contributed by atoms with Crippen molar-refractivity contribution in [1.29, 1.82) is 0 Å². The highest BCUT2D eigenvalue weighted by Crippen LogP contribution is 2.28. The minimum atomic E-state index is -1.37. The molecule has 21 heavy (non-hydrogen) atoms. The van der Waals surface area contributed by atoms with Gasteiger partial charge in [-0.3, -0.25) is 5.32 Å². The van der Waals surface area contributed by atoms with E-state index in [1.807, 2.05) is 0 Å².